The van der Waals surface area contributed by atoms with E-state index in [1.807, 2.05) is 0 Å². The highest BCUT2D eigenvalue weighted by Crippen LogP contribution is 2.15. The molecule has 0 unspecified atom stereocenters. The molecule has 150 valence electrons. The van der Waals surface area contributed by atoms with Crippen LogP contribution in [0.2, 0.25) is 0 Å². The van der Waals surface area contributed by atoms with Crippen molar-refractivity contribution in [3.8, 4) is 11.3 Å². The van der Waals surface area contributed by atoms with Gasteiger partial charge < -0.3 is 10.6 Å². The maximum absolute atomic E-state index is 13.1. The van der Waals surface area contributed by atoms with Crippen LogP contribution in [-0.2, 0) is 6.54 Å². The van der Waals surface area contributed by atoms with Gasteiger partial charge in [0.1, 0.15) is 5.82 Å². The molecule has 0 spiro atoms. The standard InChI is InChI=1S/C20H17F3N4O2/c21-14-4-2-13(3-5-14)18-8-9-19(28)27(26-18)11-1-10-24-20(29)25-15-6-7-16(22)17(23)12-15/h2-9,12H,1,10-11H2,(H2,24,25,29). The van der Waals surface area contributed by atoms with E-state index in [4.69, 9.17) is 0 Å². The Kier molecular flexibility index (Phi) is 6.28. The molecule has 1 heterocycles. The molecule has 0 saturated heterocycles. The minimum absolute atomic E-state index is 0.117. The molecule has 29 heavy (non-hydrogen) atoms. The van der Waals surface area contributed by atoms with E-state index in [9.17, 15) is 22.8 Å². The maximum Gasteiger partial charge on any atom is 0.319 e. The largest absolute Gasteiger partial charge is 0.338 e. The lowest BCUT2D eigenvalue weighted by Crippen LogP contribution is -2.31. The number of urea groups is 1. The highest BCUT2D eigenvalue weighted by Gasteiger charge is 2.07. The molecule has 3 aromatic rings. The number of aryl methyl sites for hydroxylation is 1. The van der Waals surface area contributed by atoms with Crippen molar-refractivity contribution in [2.45, 2.75) is 13.0 Å². The summed E-state index contributed by atoms with van der Waals surface area (Å²) < 4.78 is 40.3. The molecule has 6 nitrogen and oxygen atoms in total. The van der Waals surface area contributed by atoms with Gasteiger partial charge in [-0.25, -0.2) is 22.6 Å². The van der Waals surface area contributed by atoms with Crippen molar-refractivity contribution in [1.29, 1.82) is 0 Å². The first-order chi connectivity index (χ1) is 13.9. The SMILES string of the molecule is O=C(NCCCn1nc(-c2ccc(F)cc2)ccc1=O)Nc1ccc(F)c(F)c1. The van der Waals surface area contributed by atoms with E-state index in [1.54, 1.807) is 18.2 Å². The van der Waals surface area contributed by atoms with Crippen LogP contribution in [0.5, 0.6) is 0 Å². The average molecular weight is 402 g/mol. The number of carbonyl (C=O) groups excluding carboxylic acids is 1. The number of nitrogens with zero attached hydrogens (tertiary/aromatic N) is 2. The number of hydrogen-bond donors (Lipinski definition) is 2. The third kappa shape index (κ3) is 5.44. The summed E-state index contributed by atoms with van der Waals surface area (Å²) in [6.07, 6.45) is 0.408. The van der Waals surface area contributed by atoms with Gasteiger partial charge in [0, 0.05) is 36.5 Å². The van der Waals surface area contributed by atoms with E-state index < -0.39 is 17.7 Å². The van der Waals surface area contributed by atoms with Crippen LogP contribution in [0.25, 0.3) is 11.3 Å². The molecular formula is C20H17F3N4O2. The molecule has 1 aromatic heterocycles. The lowest BCUT2D eigenvalue weighted by molar-refractivity contribution is 0.251. The Labute approximate surface area is 164 Å². The molecular weight excluding hydrogens is 385 g/mol. The summed E-state index contributed by atoms with van der Waals surface area (Å²) >= 11 is 0. The van der Waals surface area contributed by atoms with Gasteiger partial charge in [-0.15, -0.1) is 0 Å². The van der Waals surface area contributed by atoms with Gasteiger partial charge >= 0.3 is 6.03 Å². The zero-order valence-corrected chi connectivity index (χ0v) is 15.2. The number of rotatable bonds is 6. The average Bonchev–Trinajstić information content (AvgIpc) is 2.70. The van der Waals surface area contributed by atoms with Gasteiger partial charge in [-0.3, -0.25) is 4.79 Å². The quantitative estimate of drug-likeness (QED) is 0.620. The number of aromatic nitrogens is 2. The van der Waals surface area contributed by atoms with E-state index in [0.29, 0.717) is 17.7 Å². The van der Waals surface area contributed by atoms with Crippen LogP contribution in [0, 0.1) is 17.5 Å². The Morgan fingerprint density at radius 1 is 0.966 bits per heavy atom. The molecule has 0 bridgehead atoms. The number of nitrogens with one attached hydrogen (secondary N) is 2. The van der Waals surface area contributed by atoms with Crippen LogP contribution < -0.4 is 16.2 Å². The molecule has 3 rings (SSSR count). The van der Waals surface area contributed by atoms with E-state index in [2.05, 4.69) is 15.7 Å². The van der Waals surface area contributed by atoms with Gasteiger partial charge in [0.15, 0.2) is 11.6 Å². The molecule has 0 saturated carbocycles. The molecule has 0 aliphatic rings. The van der Waals surface area contributed by atoms with Crippen LogP contribution in [0.15, 0.2) is 59.4 Å². The first kappa shape index (κ1) is 20.1. The first-order valence-electron chi connectivity index (χ1n) is 8.76. The topological polar surface area (TPSA) is 76.0 Å². The lowest BCUT2D eigenvalue weighted by atomic mass is 10.1. The van der Waals surface area contributed by atoms with Gasteiger partial charge in [-0.1, -0.05) is 0 Å². The van der Waals surface area contributed by atoms with Crippen molar-refractivity contribution in [1.82, 2.24) is 15.1 Å². The van der Waals surface area contributed by atoms with Crippen LogP contribution in [0.3, 0.4) is 0 Å². The normalized spacial score (nSPS) is 10.6. The molecule has 9 heteroatoms. The fraction of sp³-hybridized carbons (Fsp3) is 0.150. The van der Waals surface area contributed by atoms with Crippen molar-refractivity contribution < 1.29 is 18.0 Å². The molecule has 2 aromatic carbocycles. The smallest absolute Gasteiger partial charge is 0.319 e. The highest BCUT2D eigenvalue weighted by molar-refractivity contribution is 5.89. The summed E-state index contributed by atoms with van der Waals surface area (Å²) in [7, 11) is 0. The van der Waals surface area contributed by atoms with Crippen molar-refractivity contribution in [2.75, 3.05) is 11.9 Å². The number of halogens is 3. The number of amides is 2. The zero-order chi connectivity index (χ0) is 20.8. The van der Waals surface area contributed by atoms with E-state index >= 15 is 0 Å². The zero-order valence-electron chi connectivity index (χ0n) is 15.2. The number of benzene rings is 2. The Morgan fingerprint density at radius 3 is 2.45 bits per heavy atom. The predicted octanol–water partition coefficient (Wildman–Crippen LogP) is 3.54. The minimum Gasteiger partial charge on any atom is -0.338 e. The second-order valence-corrected chi connectivity index (χ2v) is 6.15. The molecule has 0 atom stereocenters. The van der Waals surface area contributed by atoms with Gasteiger partial charge in [0.25, 0.3) is 5.56 Å². The van der Waals surface area contributed by atoms with E-state index in [-0.39, 0.29) is 30.2 Å². The van der Waals surface area contributed by atoms with Crippen molar-refractivity contribution in [2.24, 2.45) is 0 Å². The van der Waals surface area contributed by atoms with Crippen molar-refractivity contribution in [3.05, 3.63) is 82.4 Å². The number of hydrogen-bond acceptors (Lipinski definition) is 3. The van der Waals surface area contributed by atoms with Gasteiger partial charge in [0.05, 0.1) is 5.69 Å². The summed E-state index contributed by atoms with van der Waals surface area (Å²) in [5.41, 5.74) is 1.01. The molecule has 0 aliphatic heterocycles. The molecule has 0 aliphatic carbocycles. The van der Waals surface area contributed by atoms with E-state index in [1.165, 1.54) is 28.9 Å². The molecule has 2 N–H and O–H groups in total. The Hall–Kier alpha value is -3.62. The highest BCUT2D eigenvalue weighted by atomic mass is 19.2. The van der Waals surface area contributed by atoms with Gasteiger partial charge in [-0.05, 0) is 48.9 Å². The molecule has 2 amide bonds. The first-order valence-corrected chi connectivity index (χ1v) is 8.76. The fourth-order valence-electron chi connectivity index (χ4n) is 2.56. The fourth-order valence-corrected chi connectivity index (χ4v) is 2.56. The van der Waals surface area contributed by atoms with Crippen molar-refractivity contribution >= 4 is 11.7 Å². The number of anilines is 1. The van der Waals surface area contributed by atoms with Gasteiger partial charge in [-0.2, -0.15) is 5.10 Å². The minimum atomic E-state index is -1.06. The molecule has 0 radical (unpaired) electrons. The third-order valence-corrected chi connectivity index (χ3v) is 4.02. The Morgan fingerprint density at radius 2 is 1.72 bits per heavy atom. The summed E-state index contributed by atoms with van der Waals surface area (Å²) in [6, 6.07) is 11.1. The second-order valence-electron chi connectivity index (χ2n) is 6.15. The lowest BCUT2D eigenvalue weighted by Gasteiger charge is -2.09. The van der Waals surface area contributed by atoms with Crippen LogP contribution in [0.4, 0.5) is 23.7 Å². The molecule has 0 fully saturated rings. The summed E-state index contributed by atoms with van der Waals surface area (Å²) in [6.45, 7) is 0.476. The van der Waals surface area contributed by atoms with Crippen LogP contribution in [0.1, 0.15) is 6.42 Å². The van der Waals surface area contributed by atoms with Gasteiger partial charge in [0.2, 0.25) is 0 Å². The van der Waals surface area contributed by atoms with E-state index in [0.717, 1.165) is 12.1 Å². The van der Waals surface area contributed by atoms with Crippen molar-refractivity contribution in [3.63, 3.8) is 0 Å². The third-order valence-electron chi connectivity index (χ3n) is 4.02. The Bertz CT molecular complexity index is 1070. The summed E-state index contributed by atoms with van der Waals surface area (Å²) in [5, 5.41) is 9.19. The second kappa shape index (κ2) is 9.05. The monoisotopic (exact) mass is 402 g/mol. The summed E-state index contributed by atoms with van der Waals surface area (Å²) in [5.74, 6) is -2.43. The van der Waals surface area contributed by atoms with Crippen LogP contribution in [-0.4, -0.2) is 22.4 Å². The maximum atomic E-state index is 13.1. The predicted molar refractivity (Wildman–Crippen MR) is 102 cm³/mol. The summed E-state index contributed by atoms with van der Waals surface area (Å²) in [4.78, 5) is 23.8. The van der Waals surface area contributed by atoms with Crippen LogP contribution >= 0.6 is 0 Å². The Balaban J connectivity index is 1.52. The number of carbonyl (C=O) groups is 1.